The molecule has 158 valence electrons. The van der Waals surface area contributed by atoms with Crippen LogP contribution in [0.15, 0.2) is 58.1 Å². The monoisotopic (exact) mass is 406 g/mol. The number of hydrogen-bond acceptors (Lipinski definition) is 4. The molecule has 2 aromatic carbocycles. The van der Waals surface area contributed by atoms with Gasteiger partial charge in [-0.15, -0.1) is 0 Å². The summed E-state index contributed by atoms with van der Waals surface area (Å²) in [7, 11) is 3.48. The van der Waals surface area contributed by atoms with Crippen molar-refractivity contribution in [2.75, 3.05) is 27.2 Å². The summed E-state index contributed by atoms with van der Waals surface area (Å²) >= 11 is 0. The van der Waals surface area contributed by atoms with Gasteiger partial charge in [0.1, 0.15) is 12.0 Å². The van der Waals surface area contributed by atoms with Crippen LogP contribution in [-0.4, -0.2) is 38.2 Å². The number of aliphatic imine (C=N–C) groups is 1. The Labute approximate surface area is 178 Å². The molecule has 0 saturated heterocycles. The molecule has 0 amide bonds. The van der Waals surface area contributed by atoms with Gasteiger partial charge in [0.15, 0.2) is 5.96 Å². The van der Waals surface area contributed by atoms with Crippen LogP contribution in [0.3, 0.4) is 0 Å². The Hall–Kier alpha value is -3.28. The van der Waals surface area contributed by atoms with Gasteiger partial charge in [-0.3, -0.25) is 4.99 Å². The van der Waals surface area contributed by atoms with E-state index in [2.05, 4.69) is 58.7 Å². The molecule has 1 heterocycles. The number of guanidine groups is 1. The van der Waals surface area contributed by atoms with Crippen LogP contribution in [0.25, 0.3) is 11.5 Å². The standard InChI is InChI=1S/C24H30N4O2/c1-17-5-8-19(9-6-17)23-28-21(16-30-23)12-14-27-24(25-3)26-13-11-20-15-18(2)7-10-22(20)29-4/h5-10,15-16H,11-14H2,1-4H3,(H2,25,26,27). The molecule has 0 atom stereocenters. The predicted octanol–water partition coefficient (Wildman–Crippen LogP) is 3.92. The van der Waals surface area contributed by atoms with Gasteiger partial charge in [0.2, 0.25) is 5.89 Å². The molecule has 1 aromatic heterocycles. The largest absolute Gasteiger partial charge is 0.496 e. The highest BCUT2D eigenvalue weighted by atomic mass is 16.5. The predicted molar refractivity (Wildman–Crippen MR) is 121 cm³/mol. The SMILES string of the molecule is CN=C(NCCc1coc(-c2ccc(C)cc2)n1)NCCc1cc(C)ccc1OC. The van der Waals surface area contributed by atoms with Crippen LogP contribution in [-0.2, 0) is 12.8 Å². The van der Waals surface area contributed by atoms with E-state index in [9.17, 15) is 0 Å². The molecule has 6 heteroatoms. The van der Waals surface area contributed by atoms with Crippen LogP contribution in [0.4, 0.5) is 0 Å². The maximum absolute atomic E-state index is 5.62. The average Bonchev–Trinajstić information content (AvgIpc) is 3.22. The lowest BCUT2D eigenvalue weighted by Crippen LogP contribution is -2.39. The Balaban J connectivity index is 1.45. The molecule has 0 fully saturated rings. The zero-order valence-electron chi connectivity index (χ0n) is 18.2. The fourth-order valence-corrected chi connectivity index (χ4v) is 3.20. The van der Waals surface area contributed by atoms with Gasteiger partial charge in [-0.2, -0.15) is 0 Å². The highest BCUT2D eigenvalue weighted by molar-refractivity contribution is 5.79. The third kappa shape index (κ3) is 5.86. The summed E-state index contributed by atoms with van der Waals surface area (Å²) < 4.78 is 11.1. The molecule has 3 aromatic rings. The fraction of sp³-hybridized carbons (Fsp3) is 0.333. The number of aromatic nitrogens is 1. The van der Waals surface area contributed by atoms with Crippen molar-refractivity contribution in [3.63, 3.8) is 0 Å². The summed E-state index contributed by atoms with van der Waals surface area (Å²) in [4.78, 5) is 8.87. The Morgan fingerprint density at radius 3 is 2.40 bits per heavy atom. The van der Waals surface area contributed by atoms with Gasteiger partial charge < -0.3 is 19.8 Å². The minimum absolute atomic E-state index is 0.652. The maximum atomic E-state index is 5.62. The first-order valence-electron chi connectivity index (χ1n) is 10.2. The first-order valence-corrected chi connectivity index (χ1v) is 10.2. The highest BCUT2D eigenvalue weighted by Gasteiger charge is 2.07. The summed E-state index contributed by atoms with van der Waals surface area (Å²) in [6.45, 7) is 5.63. The number of methoxy groups -OCH3 is 1. The van der Waals surface area contributed by atoms with Crippen molar-refractivity contribution in [2.24, 2.45) is 4.99 Å². The van der Waals surface area contributed by atoms with E-state index < -0.39 is 0 Å². The molecule has 2 N–H and O–H groups in total. The van der Waals surface area contributed by atoms with Gasteiger partial charge in [0, 0.05) is 32.1 Å². The van der Waals surface area contributed by atoms with Crippen molar-refractivity contribution in [3.8, 4) is 17.2 Å². The third-order valence-corrected chi connectivity index (χ3v) is 4.87. The lowest BCUT2D eigenvalue weighted by molar-refractivity contribution is 0.409. The first kappa shape index (κ1) is 21.4. The van der Waals surface area contributed by atoms with E-state index >= 15 is 0 Å². The normalized spacial score (nSPS) is 11.4. The van der Waals surface area contributed by atoms with Gasteiger partial charge in [-0.1, -0.05) is 35.4 Å². The van der Waals surface area contributed by atoms with Crippen molar-refractivity contribution in [3.05, 3.63) is 71.1 Å². The van der Waals surface area contributed by atoms with Crippen LogP contribution in [0.1, 0.15) is 22.4 Å². The van der Waals surface area contributed by atoms with E-state index in [0.29, 0.717) is 12.4 Å². The molecule has 0 radical (unpaired) electrons. The van der Waals surface area contributed by atoms with E-state index in [1.165, 1.54) is 16.7 Å². The molecule has 0 aliphatic rings. The van der Waals surface area contributed by atoms with Crippen LogP contribution in [0.2, 0.25) is 0 Å². The van der Waals surface area contributed by atoms with Gasteiger partial charge in [0.25, 0.3) is 0 Å². The zero-order valence-corrected chi connectivity index (χ0v) is 18.2. The van der Waals surface area contributed by atoms with Gasteiger partial charge in [-0.05, 0) is 44.0 Å². The molecule has 0 bridgehead atoms. The van der Waals surface area contributed by atoms with E-state index in [-0.39, 0.29) is 0 Å². The number of hydrogen-bond donors (Lipinski definition) is 2. The molecule has 6 nitrogen and oxygen atoms in total. The van der Waals surface area contributed by atoms with Crippen LogP contribution < -0.4 is 15.4 Å². The highest BCUT2D eigenvalue weighted by Crippen LogP contribution is 2.20. The Kier molecular flexibility index (Phi) is 7.49. The van der Waals surface area contributed by atoms with Crippen LogP contribution in [0, 0.1) is 13.8 Å². The second-order valence-corrected chi connectivity index (χ2v) is 7.25. The summed E-state index contributed by atoms with van der Waals surface area (Å²) in [5.41, 5.74) is 5.54. The van der Waals surface area contributed by atoms with E-state index in [1.54, 1.807) is 20.4 Å². The number of rotatable bonds is 8. The van der Waals surface area contributed by atoms with E-state index in [4.69, 9.17) is 9.15 Å². The summed E-state index contributed by atoms with van der Waals surface area (Å²) in [6.07, 6.45) is 3.33. The van der Waals surface area contributed by atoms with Crippen molar-refractivity contribution in [1.82, 2.24) is 15.6 Å². The number of aryl methyl sites for hydroxylation is 2. The van der Waals surface area contributed by atoms with Crippen molar-refractivity contribution >= 4 is 5.96 Å². The third-order valence-electron chi connectivity index (χ3n) is 4.87. The number of benzene rings is 2. The van der Waals surface area contributed by atoms with Crippen molar-refractivity contribution in [1.29, 1.82) is 0 Å². The molecular weight excluding hydrogens is 376 g/mol. The Morgan fingerprint density at radius 2 is 1.70 bits per heavy atom. The number of nitrogens with one attached hydrogen (secondary N) is 2. The smallest absolute Gasteiger partial charge is 0.226 e. The molecule has 0 aliphatic heterocycles. The molecular formula is C24H30N4O2. The second-order valence-electron chi connectivity index (χ2n) is 7.25. The van der Waals surface area contributed by atoms with Gasteiger partial charge in [0.05, 0.1) is 12.8 Å². The molecule has 0 spiro atoms. The lowest BCUT2D eigenvalue weighted by Gasteiger charge is -2.13. The second kappa shape index (κ2) is 10.5. The van der Waals surface area contributed by atoms with Crippen molar-refractivity contribution in [2.45, 2.75) is 26.7 Å². The number of oxazole rings is 1. The van der Waals surface area contributed by atoms with Crippen molar-refractivity contribution < 1.29 is 9.15 Å². The van der Waals surface area contributed by atoms with Gasteiger partial charge in [-0.25, -0.2) is 4.98 Å². The van der Waals surface area contributed by atoms with Gasteiger partial charge >= 0.3 is 0 Å². The summed E-state index contributed by atoms with van der Waals surface area (Å²) in [5, 5.41) is 6.68. The van der Waals surface area contributed by atoms with Crippen LogP contribution >= 0.6 is 0 Å². The maximum Gasteiger partial charge on any atom is 0.226 e. The van der Waals surface area contributed by atoms with E-state index in [0.717, 1.165) is 42.4 Å². The summed E-state index contributed by atoms with van der Waals surface area (Å²) in [6, 6.07) is 14.4. The molecule has 30 heavy (non-hydrogen) atoms. The lowest BCUT2D eigenvalue weighted by atomic mass is 10.1. The summed E-state index contributed by atoms with van der Waals surface area (Å²) in [5.74, 6) is 2.34. The molecule has 3 rings (SSSR count). The average molecular weight is 407 g/mol. The van der Waals surface area contributed by atoms with Crippen LogP contribution in [0.5, 0.6) is 5.75 Å². The topological polar surface area (TPSA) is 71.7 Å². The number of nitrogens with zero attached hydrogens (tertiary/aromatic N) is 2. The minimum atomic E-state index is 0.652. The molecule has 0 saturated carbocycles. The Morgan fingerprint density at radius 1 is 1.00 bits per heavy atom. The Bertz CT molecular complexity index is 977. The molecule has 0 unspecified atom stereocenters. The minimum Gasteiger partial charge on any atom is -0.496 e. The van der Waals surface area contributed by atoms with E-state index in [1.807, 2.05) is 18.2 Å². The molecule has 0 aliphatic carbocycles. The quantitative estimate of drug-likeness (QED) is 0.438. The first-order chi connectivity index (χ1) is 14.6. The fourth-order valence-electron chi connectivity index (χ4n) is 3.20. The zero-order chi connectivity index (χ0) is 21.3. The number of ether oxygens (including phenoxy) is 1.